The number of sulfonamides is 1. The van der Waals surface area contributed by atoms with Gasteiger partial charge >= 0.3 is 0 Å². The summed E-state index contributed by atoms with van der Waals surface area (Å²) in [4.78, 5) is 0. The molecule has 0 spiro atoms. The Balaban J connectivity index is 3.51. The molecule has 0 amide bonds. The standard InChI is InChI=1S/C7H18N2O2S/c1-3-4-5-7(8)6-9-12(2,10)11/h7,9H,3-6,8H2,1-2H3/t7-/m1/s1. The van der Waals surface area contributed by atoms with E-state index in [0.29, 0.717) is 6.54 Å². The highest BCUT2D eigenvalue weighted by Gasteiger charge is 2.05. The fourth-order valence-corrected chi connectivity index (χ4v) is 1.34. The summed E-state index contributed by atoms with van der Waals surface area (Å²) in [7, 11) is -3.07. The zero-order chi connectivity index (χ0) is 9.61. The van der Waals surface area contributed by atoms with Crippen LogP contribution in [0.15, 0.2) is 0 Å². The monoisotopic (exact) mass is 194 g/mol. The first-order valence-corrected chi connectivity index (χ1v) is 6.05. The second kappa shape index (κ2) is 5.50. The zero-order valence-electron chi connectivity index (χ0n) is 7.71. The van der Waals surface area contributed by atoms with Crippen LogP contribution in [0.25, 0.3) is 0 Å². The molecule has 0 aliphatic rings. The molecule has 0 aromatic heterocycles. The van der Waals surface area contributed by atoms with Gasteiger partial charge in [0.25, 0.3) is 0 Å². The molecule has 0 radical (unpaired) electrons. The minimum absolute atomic E-state index is 0.0559. The smallest absolute Gasteiger partial charge is 0.208 e. The molecule has 1 atom stereocenters. The van der Waals surface area contributed by atoms with Crippen molar-refractivity contribution in [1.29, 1.82) is 0 Å². The Hall–Kier alpha value is -0.130. The Labute approximate surface area is 74.6 Å². The average Bonchev–Trinajstić information content (AvgIpc) is 1.95. The van der Waals surface area contributed by atoms with Gasteiger partial charge in [0.15, 0.2) is 0 Å². The highest BCUT2D eigenvalue weighted by atomic mass is 32.2. The Bertz CT molecular complexity index is 201. The van der Waals surface area contributed by atoms with Crippen LogP contribution in [0, 0.1) is 0 Å². The maximum absolute atomic E-state index is 10.6. The fraction of sp³-hybridized carbons (Fsp3) is 1.00. The molecular weight excluding hydrogens is 176 g/mol. The van der Waals surface area contributed by atoms with Crippen LogP contribution < -0.4 is 10.5 Å². The molecule has 0 aromatic rings. The second-order valence-electron chi connectivity index (χ2n) is 3.02. The van der Waals surface area contributed by atoms with Crippen molar-refractivity contribution in [3.05, 3.63) is 0 Å². The SMILES string of the molecule is CCCC[C@@H](N)CNS(C)(=O)=O. The normalized spacial score (nSPS) is 14.6. The van der Waals surface area contributed by atoms with Crippen LogP contribution in [0.1, 0.15) is 26.2 Å². The zero-order valence-corrected chi connectivity index (χ0v) is 8.52. The van der Waals surface area contributed by atoms with Gasteiger partial charge in [-0.15, -0.1) is 0 Å². The van der Waals surface area contributed by atoms with Crippen molar-refractivity contribution in [1.82, 2.24) is 4.72 Å². The second-order valence-corrected chi connectivity index (χ2v) is 4.86. The van der Waals surface area contributed by atoms with E-state index in [2.05, 4.69) is 11.6 Å². The van der Waals surface area contributed by atoms with Crippen LogP contribution in [-0.4, -0.2) is 27.3 Å². The van der Waals surface area contributed by atoms with E-state index in [1.54, 1.807) is 0 Å². The van der Waals surface area contributed by atoms with Crippen LogP contribution in [0.4, 0.5) is 0 Å². The molecule has 0 bridgehead atoms. The van der Waals surface area contributed by atoms with E-state index < -0.39 is 10.0 Å². The lowest BCUT2D eigenvalue weighted by atomic mass is 10.1. The van der Waals surface area contributed by atoms with Gasteiger partial charge in [0.2, 0.25) is 10.0 Å². The number of hydrogen-bond donors (Lipinski definition) is 2. The summed E-state index contributed by atoms with van der Waals surface area (Å²) in [6, 6.07) is -0.0559. The van der Waals surface area contributed by atoms with E-state index in [4.69, 9.17) is 5.73 Å². The lowest BCUT2D eigenvalue weighted by Gasteiger charge is -2.10. The van der Waals surface area contributed by atoms with E-state index >= 15 is 0 Å². The number of unbranched alkanes of at least 4 members (excludes halogenated alkanes) is 1. The largest absolute Gasteiger partial charge is 0.327 e. The molecular formula is C7H18N2O2S. The minimum atomic E-state index is -3.07. The van der Waals surface area contributed by atoms with Crippen LogP contribution in [0.2, 0.25) is 0 Å². The quantitative estimate of drug-likeness (QED) is 0.627. The van der Waals surface area contributed by atoms with Gasteiger partial charge in [-0.05, 0) is 6.42 Å². The van der Waals surface area contributed by atoms with E-state index in [-0.39, 0.29) is 6.04 Å². The van der Waals surface area contributed by atoms with Gasteiger partial charge in [-0.1, -0.05) is 19.8 Å². The first-order chi connectivity index (χ1) is 5.45. The van der Waals surface area contributed by atoms with E-state index in [9.17, 15) is 8.42 Å². The summed E-state index contributed by atoms with van der Waals surface area (Å²) >= 11 is 0. The van der Waals surface area contributed by atoms with Gasteiger partial charge in [0.05, 0.1) is 6.26 Å². The third kappa shape index (κ3) is 7.97. The number of hydrogen-bond acceptors (Lipinski definition) is 3. The summed E-state index contributed by atoms with van der Waals surface area (Å²) in [6.45, 7) is 2.43. The highest BCUT2D eigenvalue weighted by Crippen LogP contribution is 1.96. The van der Waals surface area contributed by atoms with E-state index in [1.807, 2.05) is 0 Å². The predicted molar refractivity (Wildman–Crippen MR) is 50.3 cm³/mol. The molecule has 0 fully saturated rings. The molecule has 4 nitrogen and oxygen atoms in total. The summed E-state index contributed by atoms with van der Waals surface area (Å²) in [5, 5.41) is 0. The van der Waals surface area contributed by atoms with Crippen molar-refractivity contribution in [3.63, 3.8) is 0 Å². The first-order valence-electron chi connectivity index (χ1n) is 4.16. The summed E-state index contributed by atoms with van der Waals surface area (Å²) in [5.74, 6) is 0. The van der Waals surface area contributed by atoms with Crippen molar-refractivity contribution >= 4 is 10.0 Å². The Kier molecular flexibility index (Phi) is 5.44. The number of nitrogens with two attached hydrogens (primary N) is 1. The summed E-state index contributed by atoms with van der Waals surface area (Å²) in [5.41, 5.74) is 5.64. The van der Waals surface area contributed by atoms with Crippen molar-refractivity contribution in [2.24, 2.45) is 5.73 Å². The van der Waals surface area contributed by atoms with Crippen LogP contribution in [-0.2, 0) is 10.0 Å². The van der Waals surface area contributed by atoms with Crippen molar-refractivity contribution in [2.75, 3.05) is 12.8 Å². The third-order valence-corrected chi connectivity index (χ3v) is 2.23. The van der Waals surface area contributed by atoms with Gasteiger partial charge in [-0.25, -0.2) is 13.1 Å². The third-order valence-electron chi connectivity index (χ3n) is 1.54. The molecule has 0 saturated heterocycles. The molecule has 0 aliphatic heterocycles. The molecule has 5 heteroatoms. The first kappa shape index (κ1) is 11.9. The molecule has 12 heavy (non-hydrogen) atoms. The summed E-state index contributed by atoms with van der Waals surface area (Å²) in [6.07, 6.45) is 4.15. The van der Waals surface area contributed by atoms with Gasteiger partial charge in [0.1, 0.15) is 0 Å². The molecule has 0 rings (SSSR count). The van der Waals surface area contributed by atoms with Crippen LogP contribution in [0.5, 0.6) is 0 Å². The fourth-order valence-electron chi connectivity index (χ4n) is 0.827. The van der Waals surface area contributed by atoms with Crippen molar-refractivity contribution in [2.45, 2.75) is 32.2 Å². The molecule has 0 heterocycles. The Morgan fingerprint density at radius 1 is 1.50 bits per heavy atom. The van der Waals surface area contributed by atoms with Gasteiger partial charge in [-0.2, -0.15) is 0 Å². The predicted octanol–water partition coefficient (Wildman–Crippen LogP) is 0.0531. The molecule has 3 N–H and O–H groups in total. The lowest BCUT2D eigenvalue weighted by Crippen LogP contribution is -2.36. The van der Waals surface area contributed by atoms with Crippen molar-refractivity contribution < 1.29 is 8.42 Å². The molecule has 0 unspecified atom stereocenters. The maximum atomic E-state index is 10.6. The molecule has 0 aliphatic carbocycles. The summed E-state index contributed by atoms with van der Waals surface area (Å²) < 4.78 is 23.7. The van der Waals surface area contributed by atoms with Crippen molar-refractivity contribution in [3.8, 4) is 0 Å². The van der Waals surface area contributed by atoms with Gasteiger partial charge < -0.3 is 5.73 Å². The van der Waals surface area contributed by atoms with Gasteiger partial charge in [0, 0.05) is 12.6 Å². The molecule has 74 valence electrons. The topological polar surface area (TPSA) is 72.2 Å². The van der Waals surface area contributed by atoms with E-state index in [1.165, 1.54) is 0 Å². The maximum Gasteiger partial charge on any atom is 0.208 e. The molecule has 0 aromatic carbocycles. The van der Waals surface area contributed by atoms with Crippen LogP contribution in [0.3, 0.4) is 0 Å². The van der Waals surface area contributed by atoms with Gasteiger partial charge in [-0.3, -0.25) is 0 Å². The Morgan fingerprint density at radius 3 is 2.50 bits per heavy atom. The number of rotatable bonds is 6. The molecule has 0 saturated carbocycles. The van der Waals surface area contributed by atoms with E-state index in [0.717, 1.165) is 25.5 Å². The number of nitrogens with one attached hydrogen (secondary N) is 1. The highest BCUT2D eigenvalue weighted by molar-refractivity contribution is 7.88. The minimum Gasteiger partial charge on any atom is -0.327 e. The van der Waals surface area contributed by atoms with Crippen LogP contribution >= 0.6 is 0 Å². The lowest BCUT2D eigenvalue weighted by molar-refractivity contribution is 0.546. The Morgan fingerprint density at radius 2 is 2.08 bits per heavy atom. The average molecular weight is 194 g/mol.